The minimum absolute atomic E-state index is 0.0886. The number of carbonyl (C=O) groups is 1. The number of nitrogens with zero attached hydrogens (tertiary/aromatic N) is 2. The Balaban J connectivity index is 1.54. The number of hydrogen-bond acceptors (Lipinski definition) is 4. The lowest BCUT2D eigenvalue weighted by molar-refractivity contribution is -0.137. The fraction of sp³-hybridized carbons (Fsp3) is 0.480. The number of phenols is 1. The number of aromatic hydroxyl groups is 1. The van der Waals surface area contributed by atoms with Crippen molar-refractivity contribution in [2.75, 3.05) is 26.2 Å². The molecule has 0 aliphatic carbocycles. The maximum atomic E-state index is 13.3. The lowest BCUT2D eigenvalue weighted by Gasteiger charge is -2.21. The molecule has 0 saturated carbocycles. The summed E-state index contributed by atoms with van der Waals surface area (Å²) in [6, 6.07) is 8.51. The summed E-state index contributed by atoms with van der Waals surface area (Å²) < 4.78 is 39.9. The monoisotopic (exact) mass is 461 g/mol. The summed E-state index contributed by atoms with van der Waals surface area (Å²) in [7, 11) is 0. The summed E-state index contributed by atoms with van der Waals surface area (Å²) in [5.74, 6) is -0.482. The van der Waals surface area contributed by atoms with Crippen molar-refractivity contribution in [1.82, 2.24) is 15.1 Å². The van der Waals surface area contributed by atoms with Gasteiger partial charge in [-0.25, -0.2) is 0 Å². The first-order valence-corrected chi connectivity index (χ1v) is 11.5. The van der Waals surface area contributed by atoms with Gasteiger partial charge in [0, 0.05) is 30.8 Å². The Labute approximate surface area is 192 Å². The highest BCUT2D eigenvalue weighted by Crippen LogP contribution is 2.32. The van der Waals surface area contributed by atoms with Crippen molar-refractivity contribution in [2.24, 2.45) is 0 Å². The van der Waals surface area contributed by atoms with Crippen LogP contribution in [0.3, 0.4) is 0 Å². The molecule has 178 valence electrons. The number of nitrogens with one attached hydrogen (secondary N) is 1. The van der Waals surface area contributed by atoms with Gasteiger partial charge in [0.1, 0.15) is 5.75 Å². The second kappa shape index (κ2) is 10.1. The van der Waals surface area contributed by atoms with Gasteiger partial charge in [-0.05, 0) is 81.7 Å². The molecule has 2 aliphatic heterocycles. The normalized spacial score (nSPS) is 17.5. The van der Waals surface area contributed by atoms with E-state index in [-0.39, 0.29) is 12.3 Å². The molecule has 2 fully saturated rings. The molecule has 0 atom stereocenters. The zero-order chi connectivity index (χ0) is 23.4. The molecule has 2 aliphatic rings. The number of likely N-dealkylation sites (tertiary alicyclic amines) is 2. The van der Waals surface area contributed by atoms with Crippen molar-refractivity contribution in [3.05, 3.63) is 64.2 Å². The number of carbonyl (C=O) groups excluding carboxylic acids is 1. The van der Waals surface area contributed by atoms with E-state index in [1.807, 2.05) is 12.1 Å². The molecule has 0 spiro atoms. The van der Waals surface area contributed by atoms with Crippen LogP contribution in [0.2, 0.25) is 0 Å². The van der Waals surface area contributed by atoms with Crippen LogP contribution in [0.5, 0.6) is 5.75 Å². The highest BCUT2D eigenvalue weighted by molar-refractivity contribution is 5.95. The van der Waals surface area contributed by atoms with Crippen molar-refractivity contribution >= 4 is 5.91 Å². The molecule has 2 N–H and O–H groups in total. The van der Waals surface area contributed by atoms with Gasteiger partial charge < -0.3 is 10.4 Å². The number of hydrogen-bond donors (Lipinski definition) is 2. The van der Waals surface area contributed by atoms with E-state index < -0.39 is 23.2 Å². The van der Waals surface area contributed by atoms with Gasteiger partial charge in [-0.2, -0.15) is 13.2 Å². The van der Waals surface area contributed by atoms with Gasteiger partial charge in [0.05, 0.1) is 11.1 Å². The standard InChI is InChI=1S/C25H30F3N3O2/c26-25(27,28)22-8-2-1-7-21(22)24(33)29-15-18-13-19(16-30-9-3-4-10-30)23(32)20(14-18)17-31-11-5-6-12-31/h1-2,7-8,13-14,32H,3-6,9-12,15-17H2,(H,29,33). The van der Waals surface area contributed by atoms with Crippen LogP contribution >= 0.6 is 0 Å². The van der Waals surface area contributed by atoms with Gasteiger partial charge in [-0.3, -0.25) is 14.6 Å². The second-order valence-electron chi connectivity index (χ2n) is 8.96. The van der Waals surface area contributed by atoms with Gasteiger partial charge in [0.25, 0.3) is 5.91 Å². The van der Waals surface area contributed by atoms with E-state index >= 15 is 0 Å². The Bertz CT molecular complexity index is 942. The number of amides is 1. The van der Waals surface area contributed by atoms with E-state index in [1.165, 1.54) is 18.2 Å². The number of alkyl halides is 3. The topological polar surface area (TPSA) is 55.8 Å². The van der Waals surface area contributed by atoms with Gasteiger partial charge in [0.15, 0.2) is 0 Å². The van der Waals surface area contributed by atoms with Crippen LogP contribution in [-0.4, -0.2) is 47.0 Å². The van der Waals surface area contributed by atoms with Crippen LogP contribution in [0, 0.1) is 0 Å². The summed E-state index contributed by atoms with van der Waals surface area (Å²) in [5.41, 5.74) is 1.03. The van der Waals surface area contributed by atoms with Crippen LogP contribution in [0.4, 0.5) is 13.2 Å². The first-order chi connectivity index (χ1) is 15.8. The molecular formula is C25H30F3N3O2. The zero-order valence-corrected chi connectivity index (χ0v) is 18.6. The lowest BCUT2D eigenvalue weighted by atomic mass is 10.0. The molecule has 1 amide bonds. The van der Waals surface area contributed by atoms with E-state index in [0.29, 0.717) is 13.1 Å². The SMILES string of the molecule is O=C(NCc1cc(CN2CCCC2)c(O)c(CN2CCCC2)c1)c1ccccc1C(F)(F)F. The Kier molecular flexibility index (Phi) is 7.24. The smallest absolute Gasteiger partial charge is 0.417 e. The van der Waals surface area contributed by atoms with Gasteiger partial charge in [-0.1, -0.05) is 12.1 Å². The van der Waals surface area contributed by atoms with Crippen LogP contribution < -0.4 is 5.32 Å². The second-order valence-corrected chi connectivity index (χ2v) is 8.96. The third-order valence-electron chi connectivity index (χ3n) is 6.44. The average molecular weight is 462 g/mol. The summed E-state index contributed by atoms with van der Waals surface area (Å²) in [6.07, 6.45) is -0.0602. The number of rotatable bonds is 7. The molecular weight excluding hydrogens is 431 g/mol. The van der Waals surface area contributed by atoms with Crippen molar-refractivity contribution in [1.29, 1.82) is 0 Å². The number of halogens is 3. The van der Waals surface area contributed by atoms with E-state index in [1.54, 1.807) is 0 Å². The van der Waals surface area contributed by atoms with Crippen molar-refractivity contribution in [3.63, 3.8) is 0 Å². The Morgan fingerprint density at radius 2 is 1.42 bits per heavy atom. The van der Waals surface area contributed by atoms with Gasteiger partial charge in [0.2, 0.25) is 0 Å². The van der Waals surface area contributed by atoms with E-state index in [0.717, 1.165) is 74.6 Å². The summed E-state index contributed by atoms with van der Waals surface area (Å²) >= 11 is 0. The third kappa shape index (κ3) is 5.86. The molecule has 0 bridgehead atoms. The predicted molar refractivity (Wildman–Crippen MR) is 120 cm³/mol. The highest BCUT2D eigenvalue weighted by atomic mass is 19.4. The lowest BCUT2D eigenvalue weighted by Crippen LogP contribution is -2.26. The molecule has 2 aromatic rings. The molecule has 2 heterocycles. The minimum Gasteiger partial charge on any atom is -0.507 e. The molecule has 0 unspecified atom stereocenters. The van der Waals surface area contributed by atoms with E-state index in [2.05, 4.69) is 15.1 Å². The Morgan fingerprint density at radius 1 is 0.909 bits per heavy atom. The molecule has 2 aromatic carbocycles. The van der Waals surface area contributed by atoms with Crippen molar-refractivity contribution < 1.29 is 23.1 Å². The Hall–Kier alpha value is -2.58. The number of benzene rings is 2. The summed E-state index contributed by atoms with van der Waals surface area (Å²) in [6.45, 7) is 5.26. The van der Waals surface area contributed by atoms with Crippen molar-refractivity contribution in [3.8, 4) is 5.75 Å². The molecule has 0 radical (unpaired) electrons. The molecule has 4 rings (SSSR count). The Morgan fingerprint density at radius 3 is 1.94 bits per heavy atom. The summed E-state index contributed by atoms with van der Waals surface area (Å²) in [4.78, 5) is 17.2. The molecule has 5 nitrogen and oxygen atoms in total. The largest absolute Gasteiger partial charge is 0.507 e. The molecule has 2 saturated heterocycles. The summed E-state index contributed by atoms with van der Waals surface area (Å²) in [5, 5.41) is 13.6. The molecule has 0 aromatic heterocycles. The predicted octanol–water partition coefficient (Wildman–Crippen LogP) is 4.53. The highest BCUT2D eigenvalue weighted by Gasteiger charge is 2.34. The first kappa shape index (κ1) is 23.6. The van der Waals surface area contributed by atoms with E-state index in [9.17, 15) is 23.1 Å². The van der Waals surface area contributed by atoms with E-state index in [4.69, 9.17) is 0 Å². The zero-order valence-electron chi connectivity index (χ0n) is 18.6. The van der Waals surface area contributed by atoms with Crippen LogP contribution in [-0.2, 0) is 25.8 Å². The average Bonchev–Trinajstić information content (AvgIpc) is 3.49. The third-order valence-corrected chi connectivity index (χ3v) is 6.44. The minimum atomic E-state index is -4.60. The van der Waals surface area contributed by atoms with Gasteiger partial charge in [-0.15, -0.1) is 0 Å². The molecule has 8 heteroatoms. The fourth-order valence-corrected chi connectivity index (χ4v) is 4.74. The fourth-order valence-electron chi connectivity index (χ4n) is 4.74. The molecule has 33 heavy (non-hydrogen) atoms. The maximum absolute atomic E-state index is 13.3. The quantitative estimate of drug-likeness (QED) is 0.636. The van der Waals surface area contributed by atoms with Crippen LogP contribution in [0.15, 0.2) is 36.4 Å². The van der Waals surface area contributed by atoms with Crippen LogP contribution in [0.1, 0.15) is 58.3 Å². The van der Waals surface area contributed by atoms with Crippen LogP contribution in [0.25, 0.3) is 0 Å². The maximum Gasteiger partial charge on any atom is 0.417 e. The van der Waals surface area contributed by atoms with Gasteiger partial charge >= 0.3 is 6.18 Å². The van der Waals surface area contributed by atoms with Crippen molar-refractivity contribution in [2.45, 2.75) is 51.5 Å². The number of phenolic OH excluding ortho intramolecular Hbond substituents is 1. The first-order valence-electron chi connectivity index (χ1n) is 11.5.